The molecule has 1 fully saturated rings. The summed E-state index contributed by atoms with van der Waals surface area (Å²) in [5.74, 6) is -0.450. The quantitative estimate of drug-likeness (QED) is 0.657. The van der Waals surface area contributed by atoms with Gasteiger partial charge in [-0.1, -0.05) is 12.1 Å². The highest BCUT2D eigenvalue weighted by molar-refractivity contribution is 8.09. The molecule has 0 radical (unpaired) electrons. The van der Waals surface area contributed by atoms with E-state index < -0.39 is 29.0 Å². The van der Waals surface area contributed by atoms with Crippen molar-refractivity contribution >= 4 is 45.1 Å². The van der Waals surface area contributed by atoms with E-state index in [4.69, 9.17) is 4.74 Å². The van der Waals surface area contributed by atoms with Crippen LogP contribution in [0.5, 0.6) is 5.75 Å². The first kappa shape index (κ1) is 20.0. The minimum absolute atomic E-state index is 0.0923. The highest BCUT2D eigenvalue weighted by atomic mass is 32.2. The predicted octanol–water partition coefficient (Wildman–Crippen LogP) is 3.84. The molecular weight excluding hydrogens is 431 g/mol. The van der Waals surface area contributed by atoms with Gasteiger partial charge in [0.1, 0.15) is 16.8 Å². The van der Waals surface area contributed by atoms with Crippen LogP contribution in [0.1, 0.15) is 11.1 Å². The van der Waals surface area contributed by atoms with E-state index in [-0.39, 0.29) is 11.1 Å². The highest BCUT2D eigenvalue weighted by Gasteiger charge is 2.46. The van der Waals surface area contributed by atoms with E-state index in [0.29, 0.717) is 27.2 Å². The molecule has 1 aromatic heterocycles. The van der Waals surface area contributed by atoms with Gasteiger partial charge in [0.05, 0.1) is 36.7 Å². The number of hydrogen-bond donors (Lipinski definition) is 1. The molecule has 0 saturated carbocycles. The summed E-state index contributed by atoms with van der Waals surface area (Å²) < 4.78 is 19.9. The summed E-state index contributed by atoms with van der Waals surface area (Å²) in [5, 5.41) is 12.3. The van der Waals surface area contributed by atoms with Crippen molar-refractivity contribution in [3.8, 4) is 11.8 Å². The number of benzene rings is 2. The van der Waals surface area contributed by atoms with E-state index in [2.05, 4.69) is 16.4 Å². The van der Waals surface area contributed by atoms with Crippen molar-refractivity contribution in [2.45, 2.75) is 11.3 Å². The van der Waals surface area contributed by atoms with Crippen molar-refractivity contribution in [1.29, 1.82) is 5.26 Å². The van der Waals surface area contributed by atoms with E-state index in [0.717, 1.165) is 4.90 Å². The SMILES string of the molecule is COc1ccc(C#N)c(C2=CC3NC(=O)N(c4cncc5cccc(F)c45)C(=O)C3S2)c1. The van der Waals surface area contributed by atoms with Gasteiger partial charge in [0, 0.05) is 27.4 Å². The number of halogens is 1. The maximum absolute atomic E-state index is 14.6. The first-order chi connectivity index (χ1) is 15.5. The Balaban J connectivity index is 1.53. The second kappa shape index (κ2) is 7.66. The number of methoxy groups -OCH3 is 1. The Morgan fingerprint density at radius 1 is 1.25 bits per heavy atom. The van der Waals surface area contributed by atoms with Crippen LogP contribution >= 0.6 is 11.8 Å². The lowest BCUT2D eigenvalue weighted by atomic mass is 10.0. The van der Waals surface area contributed by atoms with Crippen LogP contribution in [0.15, 0.2) is 54.9 Å². The maximum Gasteiger partial charge on any atom is 0.329 e. The summed E-state index contributed by atoms with van der Waals surface area (Å²) in [7, 11) is 1.53. The van der Waals surface area contributed by atoms with Crippen LogP contribution in [0.25, 0.3) is 15.7 Å². The fourth-order valence-corrected chi connectivity index (χ4v) is 5.22. The van der Waals surface area contributed by atoms with Gasteiger partial charge in [-0.3, -0.25) is 9.78 Å². The van der Waals surface area contributed by atoms with E-state index in [9.17, 15) is 19.2 Å². The van der Waals surface area contributed by atoms with Crippen molar-refractivity contribution in [3.63, 3.8) is 0 Å². The average molecular weight is 446 g/mol. The van der Waals surface area contributed by atoms with Crippen LogP contribution in [0, 0.1) is 17.1 Å². The number of carbonyl (C=O) groups excluding carboxylic acids is 2. The summed E-state index contributed by atoms with van der Waals surface area (Å²) in [6.45, 7) is 0. The molecule has 2 aliphatic rings. The van der Waals surface area contributed by atoms with E-state index in [1.165, 1.54) is 37.3 Å². The molecule has 0 bridgehead atoms. The lowest BCUT2D eigenvalue weighted by Crippen LogP contribution is -2.60. The molecular formula is C23H15FN4O3S. The molecule has 9 heteroatoms. The number of nitrogens with one attached hydrogen (secondary N) is 1. The highest BCUT2D eigenvalue weighted by Crippen LogP contribution is 2.44. The van der Waals surface area contributed by atoms with Crippen molar-refractivity contribution < 1.29 is 18.7 Å². The monoisotopic (exact) mass is 446 g/mol. The fraction of sp³-hybridized carbons (Fsp3) is 0.130. The largest absolute Gasteiger partial charge is 0.497 e. The Kier molecular flexibility index (Phi) is 4.79. The van der Waals surface area contributed by atoms with Gasteiger partial charge in [-0.25, -0.2) is 14.1 Å². The van der Waals surface area contributed by atoms with Gasteiger partial charge >= 0.3 is 6.03 Å². The summed E-state index contributed by atoms with van der Waals surface area (Å²) >= 11 is 1.25. The van der Waals surface area contributed by atoms with Crippen LogP contribution < -0.4 is 15.0 Å². The molecule has 3 aromatic rings. The lowest BCUT2D eigenvalue weighted by molar-refractivity contribution is -0.118. The molecule has 2 atom stereocenters. The molecule has 2 unspecified atom stereocenters. The normalized spacial score (nSPS) is 19.9. The summed E-state index contributed by atoms with van der Waals surface area (Å²) in [6, 6.07) is 10.5. The smallest absolute Gasteiger partial charge is 0.329 e. The summed E-state index contributed by atoms with van der Waals surface area (Å²) in [6.07, 6.45) is 4.56. The number of aromatic nitrogens is 1. The molecule has 0 spiro atoms. The second-order valence-corrected chi connectivity index (χ2v) is 8.42. The maximum atomic E-state index is 14.6. The van der Waals surface area contributed by atoms with Crippen LogP contribution in [-0.4, -0.2) is 35.3 Å². The van der Waals surface area contributed by atoms with E-state index >= 15 is 0 Å². The van der Waals surface area contributed by atoms with E-state index in [1.54, 1.807) is 36.4 Å². The third-order valence-electron chi connectivity index (χ3n) is 5.43. The van der Waals surface area contributed by atoms with Crippen molar-refractivity contribution in [2.24, 2.45) is 0 Å². The van der Waals surface area contributed by atoms with Gasteiger partial charge < -0.3 is 10.1 Å². The molecule has 2 aliphatic heterocycles. The molecule has 3 amide bonds. The Bertz CT molecular complexity index is 1360. The third kappa shape index (κ3) is 3.08. The van der Waals surface area contributed by atoms with Crippen LogP contribution in [-0.2, 0) is 4.79 Å². The third-order valence-corrected chi connectivity index (χ3v) is 6.79. The Morgan fingerprint density at radius 2 is 2.09 bits per heavy atom. The number of ether oxygens (including phenoxy) is 1. The second-order valence-electron chi connectivity index (χ2n) is 7.24. The predicted molar refractivity (Wildman–Crippen MR) is 119 cm³/mol. The van der Waals surface area contributed by atoms with Gasteiger partial charge in [0.15, 0.2) is 0 Å². The van der Waals surface area contributed by atoms with Crippen LogP contribution in [0.2, 0.25) is 0 Å². The molecule has 0 aliphatic carbocycles. The molecule has 3 heterocycles. The number of nitrogens with zero attached hydrogens (tertiary/aromatic N) is 3. The van der Waals surface area contributed by atoms with Crippen molar-refractivity contribution in [1.82, 2.24) is 10.3 Å². The molecule has 32 heavy (non-hydrogen) atoms. The van der Waals surface area contributed by atoms with Gasteiger partial charge in [-0.2, -0.15) is 5.26 Å². The topological polar surface area (TPSA) is 95.3 Å². The number of pyridine rings is 1. The number of imide groups is 1. The number of rotatable bonds is 3. The Morgan fingerprint density at radius 3 is 2.88 bits per heavy atom. The Hall–Kier alpha value is -3.90. The molecule has 5 rings (SSSR count). The average Bonchev–Trinajstić information content (AvgIpc) is 3.23. The number of thioether (sulfide) groups is 1. The number of carbonyl (C=O) groups is 2. The lowest BCUT2D eigenvalue weighted by Gasteiger charge is -2.33. The zero-order chi connectivity index (χ0) is 22.4. The first-order valence-electron chi connectivity index (χ1n) is 9.65. The van der Waals surface area contributed by atoms with Crippen molar-refractivity contribution in [2.75, 3.05) is 12.0 Å². The van der Waals surface area contributed by atoms with Gasteiger partial charge in [0.25, 0.3) is 5.91 Å². The van der Waals surface area contributed by atoms with Gasteiger partial charge in [-0.05, 0) is 30.3 Å². The molecule has 158 valence electrons. The minimum atomic E-state index is -0.664. The fourth-order valence-electron chi connectivity index (χ4n) is 3.93. The number of urea groups is 1. The number of hydrogen-bond acceptors (Lipinski definition) is 6. The Labute approximate surface area is 186 Å². The molecule has 1 saturated heterocycles. The van der Waals surface area contributed by atoms with Gasteiger partial charge in [-0.15, -0.1) is 11.8 Å². The zero-order valence-electron chi connectivity index (χ0n) is 16.7. The van der Waals surface area contributed by atoms with Gasteiger partial charge in [0.2, 0.25) is 0 Å². The van der Waals surface area contributed by atoms with Crippen LogP contribution in [0.3, 0.4) is 0 Å². The molecule has 2 aromatic carbocycles. The molecule has 7 nitrogen and oxygen atoms in total. The number of fused-ring (bicyclic) bond motifs is 2. The van der Waals surface area contributed by atoms with Crippen molar-refractivity contribution in [3.05, 3.63) is 71.8 Å². The summed E-state index contributed by atoms with van der Waals surface area (Å²) in [5.41, 5.74) is 1.14. The van der Waals surface area contributed by atoms with Crippen LogP contribution in [0.4, 0.5) is 14.9 Å². The summed E-state index contributed by atoms with van der Waals surface area (Å²) in [4.78, 5) is 32.0. The minimum Gasteiger partial charge on any atom is -0.497 e. The first-order valence-corrected chi connectivity index (χ1v) is 10.5. The standard InChI is InChI=1S/C23H15FN4O3S/c1-31-14-6-5-12(9-25)15(7-14)19-8-17-21(32-19)22(29)28(23(30)27-17)18-11-26-10-13-3-2-4-16(24)20(13)18/h2-8,10-11,17,21H,1H3,(H,27,30). The molecule has 1 N–H and O–H groups in total. The number of nitriles is 1. The zero-order valence-corrected chi connectivity index (χ0v) is 17.5. The number of amides is 3. The number of anilines is 1. The van der Waals surface area contributed by atoms with E-state index in [1.807, 2.05) is 0 Å².